The van der Waals surface area contributed by atoms with Crippen LogP contribution in [0, 0.1) is 11.8 Å². The molecule has 0 bridgehead atoms. The second-order valence-electron chi connectivity index (χ2n) is 3.98. The maximum Gasteiger partial charge on any atom is 0.232 e. The van der Waals surface area contributed by atoms with Gasteiger partial charge < -0.3 is 4.74 Å². The van der Waals surface area contributed by atoms with Crippen LogP contribution < -0.4 is 0 Å². The molecule has 0 N–H and O–H groups in total. The van der Waals surface area contributed by atoms with E-state index in [4.69, 9.17) is 15.4 Å². The lowest BCUT2D eigenvalue weighted by molar-refractivity contribution is 0.176. The largest absolute Gasteiger partial charge is 0.385 e. The van der Waals surface area contributed by atoms with Gasteiger partial charge in [-0.3, -0.25) is 0 Å². The molecular weight excluding hydrogens is 224 g/mol. The minimum Gasteiger partial charge on any atom is -0.385 e. The number of rotatable bonds is 7. The summed E-state index contributed by atoms with van der Waals surface area (Å²) in [6.45, 7) is 4.73. The van der Waals surface area contributed by atoms with Gasteiger partial charge in [-0.05, 0) is 24.7 Å². The maximum atomic E-state index is 10.9. The van der Waals surface area contributed by atoms with E-state index in [0.717, 1.165) is 12.8 Å². The van der Waals surface area contributed by atoms with E-state index in [1.165, 1.54) is 0 Å². The van der Waals surface area contributed by atoms with Gasteiger partial charge in [0.25, 0.3) is 0 Å². The Morgan fingerprint density at radius 1 is 1.36 bits per heavy atom. The average molecular weight is 243 g/mol. The number of methoxy groups -OCH3 is 1. The fourth-order valence-electron chi connectivity index (χ4n) is 1.50. The highest BCUT2D eigenvalue weighted by molar-refractivity contribution is 8.13. The summed E-state index contributed by atoms with van der Waals surface area (Å²) >= 11 is 0. The minimum atomic E-state index is -3.38. The Morgan fingerprint density at radius 3 is 2.29 bits per heavy atom. The Labute approximate surface area is 91.2 Å². The first-order valence-electron chi connectivity index (χ1n) is 4.76. The molecular formula is C9H19ClO3S. The topological polar surface area (TPSA) is 43.4 Å². The lowest BCUT2D eigenvalue weighted by Gasteiger charge is -2.16. The molecule has 1 atom stereocenters. The minimum absolute atomic E-state index is 0.0517. The molecule has 0 heterocycles. The fourth-order valence-corrected chi connectivity index (χ4v) is 2.90. The number of ether oxygens (including phenoxy) is 1. The van der Waals surface area contributed by atoms with Gasteiger partial charge >= 0.3 is 0 Å². The maximum absolute atomic E-state index is 10.9. The first-order valence-corrected chi connectivity index (χ1v) is 7.24. The summed E-state index contributed by atoms with van der Waals surface area (Å²) in [7, 11) is 3.45. The molecule has 0 aliphatic rings. The first kappa shape index (κ1) is 14.2. The highest BCUT2D eigenvalue weighted by Crippen LogP contribution is 2.19. The van der Waals surface area contributed by atoms with Crippen molar-refractivity contribution in [3.05, 3.63) is 0 Å². The van der Waals surface area contributed by atoms with Crippen molar-refractivity contribution < 1.29 is 13.2 Å². The van der Waals surface area contributed by atoms with E-state index in [0.29, 0.717) is 12.5 Å². The molecule has 0 amide bonds. The van der Waals surface area contributed by atoms with Gasteiger partial charge in [0.1, 0.15) is 0 Å². The second kappa shape index (κ2) is 6.64. The Kier molecular flexibility index (Phi) is 6.74. The molecule has 0 rings (SSSR count). The van der Waals surface area contributed by atoms with E-state index in [-0.39, 0.29) is 11.7 Å². The van der Waals surface area contributed by atoms with Gasteiger partial charge in [0.05, 0.1) is 5.75 Å². The van der Waals surface area contributed by atoms with Gasteiger partial charge in [0, 0.05) is 24.4 Å². The molecule has 0 aromatic rings. The van der Waals surface area contributed by atoms with Crippen molar-refractivity contribution >= 4 is 19.7 Å². The van der Waals surface area contributed by atoms with Gasteiger partial charge in [-0.15, -0.1) is 0 Å². The molecule has 86 valence electrons. The smallest absolute Gasteiger partial charge is 0.232 e. The van der Waals surface area contributed by atoms with Gasteiger partial charge in [0.15, 0.2) is 0 Å². The summed E-state index contributed by atoms with van der Waals surface area (Å²) in [5.41, 5.74) is 0. The van der Waals surface area contributed by atoms with Crippen molar-refractivity contribution in [2.75, 3.05) is 19.5 Å². The van der Waals surface area contributed by atoms with E-state index in [9.17, 15) is 8.42 Å². The monoisotopic (exact) mass is 242 g/mol. The molecule has 5 heteroatoms. The predicted octanol–water partition coefficient (Wildman–Crippen LogP) is 2.25. The summed E-state index contributed by atoms with van der Waals surface area (Å²) in [4.78, 5) is 0. The third-order valence-corrected chi connectivity index (χ3v) is 3.22. The molecule has 0 aliphatic carbocycles. The van der Waals surface area contributed by atoms with Crippen LogP contribution in [-0.2, 0) is 13.8 Å². The van der Waals surface area contributed by atoms with Crippen LogP contribution in [0.3, 0.4) is 0 Å². The third kappa shape index (κ3) is 8.78. The number of hydrogen-bond acceptors (Lipinski definition) is 3. The van der Waals surface area contributed by atoms with E-state index in [2.05, 4.69) is 13.8 Å². The zero-order chi connectivity index (χ0) is 11.2. The Bertz CT molecular complexity index is 236. The molecule has 1 unspecified atom stereocenters. The summed E-state index contributed by atoms with van der Waals surface area (Å²) < 4.78 is 26.8. The zero-order valence-corrected chi connectivity index (χ0v) is 10.6. The van der Waals surface area contributed by atoms with Crippen molar-refractivity contribution in [3.63, 3.8) is 0 Å². The van der Waals surface area contributed by atoms with E-state index in [1.54, 1.807) is 7.11 Å². The SMILES string of the molecule is COCCC(CC(C)C)CS(=O)(=O)Cl. The highest BCUT2D eigenvalue weighted by atomic mass is 35.7. The average Bonchev–Trinajstić information content (AvgIpc) is 1.96. The third-order valence-electron chi connectivity index (χ3n) is 1.97. The molecule has 0 aliphatic heterocycles. The number of hydrogen-bond donors (Lipinski definition) is 0. The molecule has 0 spiro atoms. The van der Waals surface area contributed by atoms with Crippen LogP contribution in [0.15, 0.2) is 0 Å². The molecule has 3 nitrogen and oxygen atoms in total. The van der Waals surface area contributed by atoms with E-state index < -0.39 is 9.05 Å². The van der Waals surface area contributed by atoms with Crippen LogP contribution in [0.25, 0.3) is 0 Å². The second-order valence-corrected chi connectivity index (χ2v) is 6.80. The zero-order valence-electron chi connectivity index (χ0n) is 8.99. The lowest BCUT2D eigenvalue weighted by Crippen LogP contribution is -2.16. The van der Waals surface area contributed by atoms with Crippen LogP contribution in [0.5, 0.6) is 0 Å². The van der Waals surface area contributed by atoms with Crippen LogP contribution in [-0.4, -0.2) is 27.9 Å². The lowest BCUT2D eigenvalue weighted by atomic mass is 9.96. The molecule has 0 saturated heterocycles. The molecule has 0 aromatic heterocycles. The molecule has 0 fully saturated rings. The highest BCUT2D eigenvalue weighted by Gasteiger charge is 2.17. The first-order chi connectivity index (χ1) is 6.35. The molecule has 0 saturated carbocycles. The quantitative estimate of drug-likeness (QED) is 0.644. The van der Waals surface area contributed by atoms with Crippen molar-refractivity contribution in [2.45, 2.75) is 26.7 Å². The summed E-state index contributed by atoms with van der Waals surface area (Å²) in [5.74, 6) is 0.642. The standard InChI is InChI=1S/C9H19ClO3S/c1-8(2)6-9(4-5-13-3)7-14(10,11)12/h8-9H,4-7H2,1-3H3. The van der Waals surface area contributed by atoms with Gasteiger partial charge in [-0.25, -0.2) is 8.42 Å². The summed E-state index contributed by atoms with van der Waals surface area (Å²) in [6, 6.07) is 0. The van der Waals surface area contributed by atoms with Gasteiger partial charge in [-0.1, -0.05) is 13.8 Å². The van der Waals surface area contributed by atoms with Crippen LogP contribution in [0.2, 0.25) is 0 Å². The Balaban J connectivity index is 4.10. The number of halogens is 1. The molecule has 0 aromatic carbocycles. The van der Waals surface area contributed by atoms with Crippen molar-refractivity contribution in [3.8, 4) is 0 Å². The van der Waals surface area contributed by atoms with Gasteiger partial charge in [0.2, 0.25) is 9.05 Å². The Hall–Kier alpha value is 0.200. The van der Waals surface area contributed by atoms with Crippen molar-refractivity contribution in [2.24, 2.45) is 11.8 Å². The van der Waals surface area contributed by atoms with Crippen molar-refractivity contribution in [1.29, 1.82) is 0 Å². The molecule has 0 radical (unpaired) electrons. The Morgan fingerprint density at radius 2 is 1.93 bits per heavy atom. The van der Waals surface area contributed by atoms with Gasteiger partial charge in [-0.2, -0.15) is 0 Å². The van der Waals surface area contributed by atoms with E-state index in [1.807, 2.05) is 0 Å². The van der Waals surface area contributed by atoms with Crippen molar-refractivity contribution in [1.82, 2.24) is 0 Å². The fraction of sp³-hybridized carbons (Fsp3) is 1.00. The summed E-state index contributed by atoms with van der Waals surface area (Å²) in [5, 5.41) is 0. The normalized spacial score (nSPS) is 14.6. The van der Waals surface area contributed by atoms with Crippen LogP contribution >= 0.6 is 10.7 Å². The van der Waals surface area contributed by atoms with Crippen LogP contribution in [0.1, 0.15) is 26.7 Å². The van der Waals surface area contributed by atoms with Crippen LogP contribution in [0.4, 0.5) is 0 Å². The predicted molar refractivity (Wildman–Crippen MR) is 59.1 cm³/mol. The summed E-state index contributed by atoms with van der Waals surface area (Å²) in [6.07, 6.45) is 1.62. The molecule has 14 heavy (non-hydrogen) atoms. The van der Waals surface area contributed by atoms with E-state index >= 15 is 0 Å².